The van der Waals surface area contributed by atoms with Crippen LogP contribution in [-0.4, -0.2) is 71.9 Å². The highest BCUT2D eigenvalue weighted by Gasteiger charge is 2.39. The van der Waals surface area contributed by atoms with Crippen LogP contribution in [-0.2, 0) is 9.53 Å². The van der Waals surface area contributed by atoms with Crippen LogP contribution < -0.4 is 10.2 Å². The second-order valence-electron chi connectivity index (χ2n) is 7.75. The summed E-state index contributed by atoms with van der Waals surface area (Å²) in [5.74, 6) is -0.674. The van der Waals surface area contributed by atoms with Crippen molar-refractivity contribution in [1.29, 1.82) is 5.26 Å². The fraction of sp³-hybridized carbons (Fsp3) is 0.417. The molecule has 32 heavy (non-hydrogen) atoms. The molecule has 1 amide bonds. The summed E-state index contributed by atoms with van der Waals surface area (Å²) in [4.78, 5) is 14.9. The van der Waals surface area contributed by atoms with E-state index in [2.05, 4.69) is 36.2 Å². The third-order valence-electron chi connectivity index (χ3n) is 5.78. The third-order valence-corrected chi connectivity index (χ3v) is 5.78. The van der Waals surface area contributed by atoms with Gasteiger partial charge in [-0.15, -0.1) is 0 Å². The fourth-order valence-electron chi connectivity index (χ4n) is 3.86. The van der Waals surface area contributed by atoms with Gasteiger partial charge in [0.2, 0.25) is 0 Å². The number of carbonyl (C=O) groups is 1. The molecule has 1 aliphatic heterocycles. The predicted octanol–water partition coefficient (Wildman–Crippen LogP) is 1.19. The largest absolute Gasteiger partial charge is 0.394 e. The third kappa shape index (κ3) is 5.09. The number of aliphatic hydroxyl groups is 3. The number of fused-ring (bicyclic) bond motifs is 1. The van der Waals surface area contributed by atoms with Gasteiger partial charge >= 0.3 is 0 Å². The zero-order valence-electron chi connectivity index (χ0n) is 18.2. The molecule has 1 fully saturated rings. The molecule has 1 heterocycles. The van der Waals surface area contributed by atoms with Gasteiger partial charge in [-0.05, 0) is 54.5 Å². The quantitative estimate of drug-likeness (QED) is 0.377. The van der Waals surface area contributed by atoms with Crippen molar-refractivity contribution < 1.29 is 24.9 Å². The summed E-state index contributed by atoms with van der Waals surface area (Å²) in [5, 5.41) is 43.4. The molecule has 0 radical (unpaired) electrons. The van der Waals surface area contributed by atoms with Crippen LogP contribution in [0.15, 0.2) is 42.0 Å². The molecule has 4 atom stereocenters. The van der Waals surface area contributed by atoms with Gasteiger partial charge in [-0.25, -0.2) is 0 Å². The first-order valence-electron chi connectivity index (χ1n) is 10.7. The Bertz CT molecular complexity index is 1030. The lowest BCUT2D eigenvalue weighted by molar-refractivity contribution is -0.163. The minimum absolute atomic E-state index is 0.0846. The Morgan fingerprint density at radius 2 is 1.88 bits per heavy atom. The highest BCUT2D eigenvalue weighted by Crippen LogP contribution is 2.24. The van der Waals surface area contributed by atoms with Gasteiger partial charge in [-0.3, -0.25) is 4.79 Å². The van der Waals surface area contributed by atoms with Crippen molar-refractivity contribution in [3.05, 3.63) is 47.5 Å². The molecule has 0 aromatic heterocycles. The molecule has 1 saturated heterocycles. The number of nitrogens with zero attached hydrogens (tertiary/aromatic N) is 2. The smallest absolute Gasteiger partial charge is 0.262 e. The molecule has 4 N–H and O–H groups in total. The first kappa shape index (κ1) is 23.7. The molecule has 8 nitrogen and oxygen atoms in total. The molecule has 2 aromatic rings. The maximum Gasteiger partial charge on any atom is 0.262 e. The summed E-state index contributed by atoms with van der Waals surface area (Å²) >= 11 is 0. The summed E-state index contributed by atoms with van der Waals surface area (Å²) < 4.78 is 5.27. The molecule has 0 spiro atoms. The van der Waals surface area contributed by atoms with Crippen LogP contribution >= 0.6 is 0 Å². The van der Waals surface area contributed by atoms with Crippen molar-refractivity contribution in [2.75, 3.05) is 31.2 Å². The number of aliphatic hydroxyl groups excluding tert-OH is 3. The number of hydrogen-bond donors (Lipinski definition) is 4. The van der Waals surface area contributed by atoms with Crippen molar-refractivity contribution in [1.82, 2.24) is 5.32 Å². The lowest BCUT2D eigenvalue weighted by Gasteiger charge is -2.37. The number of carbonyl (C=O) groups excluding carboxylic acids is 1. The number of benzene rings is 2. The second-order valence-corrected chi connectivity index (χ2v) is 7.75. The van der Waals surface area contributed by atoms with Gasteiger partial charge < -0.3 is 30.3 Å². The predicted molar refractivity (Wildman–Crippen MR) is 122 cm³/mol. The van der Waals surface area contributed by atoms with E-state index in [4.69, 9.17) is 9.84 Å². The number of ether oxygens (including phenoxy) is 1. The first-order chi connectivity index (χ1) is 15.4. The Hall–Kier alpha value is -2.96. The molecule has 3 rings (SSSR count). The molecular weight excluding hydrogens is 410 g/mol. The van der Waals surface area contributed by atoms with Gasteiger partial charge in [0.15, 0.2) is 0 Å². The van der Waals surface area contributed by atoms with Crippen molar-refractivity contribution in [2.45, 2.75) is 38.2 Å². The zero-order valence-corrected chi connectivity index (χ0v) is 18.2. The van der Waals surface area contributed by atoms with Gasteiger partial charge in [0, 0.05) is 18.8 Å². The minimum atomic E-state index is -1.34. The standard InChI is InChI=1S/C24H29N3O5/c1-3-27(4-2)19-8-7-16-9-15(5-6-17(16)11-19)10-18(12-25)24(31)26-20-14-32-21(13-28)23(30)22(20)29/h5-11,20-23,28-30H,3-4,13-14H2,1-2H3,(H,26,31)/b18-10+/t20-,21+,22+,23+/m0/s1. The van der Waals surface area contributed by atoms with Crippen LogP contribution in [0.3, 0.4) is 0 Å². The van der Waals surface area contributed by atoms with Crippen LogP contribution in [0.2, 0.25) is 0 Å². The van der Waals surface area contributed by atoms with E-state index in [1.165, 1.54) is 6.08 Å². The number of anilines is 1. The monoisotopic (exact) mass is 439 g/mol. The van der Waals surface area contributed by atoms with Crippen molar-refractivity contribution in [2.24, 2.45) is 0 Å². The van der Waals surface area contributed by atoms with Gasteiger partial charge in [-0.1, -0.05) is 18.2 Å². The highest BCUT2D eigenvalue weighted by atomic mass is 16.5. The van der Waals surface area contributed by atoms with Crippen molar-refractivity contribution in [3.8, 4) is 6.07 Å². The van der Waals surface area contributed by atoms with Crippen LogP contribution in [0, 0.1) is 11.3 Å². The fourth-order valence-corrected chi connectivity index (χ4v) is 3.86. The molecule has 0 saturated carbocycles. The Morgan fingerprint density at radius 3 is 2.53 bits per heavy atom. The number of rotatable bonds is 7. The normalized spacial score (nSPS) is 23.6. The molecule has 0 unspecified atom stereocenters. The lowest BCUT2D eigenvalue weighted by atomic mass is 9.98. The molecular formula is C24H29N3O5. The van der Waals surface area contributed by atoms with Gasteiger partial charge in [0.05, 0.1) is 19.3 Å². The van der Waals surface area contributed by atoms with E-state index in [1.807, 2.05) is 30.3 Å². The molecule has 2 aromatic carbocycles. The number of amides is 1. The average molecular weight is 440 g/mol. The van der Waals surface area contributed by atoms with E-state index in [9.17, 15) is 20.3 Å². The van der Waals surface area contributed by atoms with Crippen molar-refractivity contribution in [3.63, 3.8) is 0 Å². The van der Waals surface area contributed by atoms with E-state index in [0.29, 0.717) is 5.56 Å². The Balaban J connectivity index is 1.77. The highest BCUT2D eigenvalue weighted by molar-refractivity contribution is 6.02. The summed E-state index contributed by atoms with van der Waals surface area (Å²) in [6.07, 6.45) is -2.08. The van der Waals surface area contributed by atoms with Crippen molar-refractivity contribution >= 4 is 28.4 Å². The van der Waals surface area contributed by atoms with E-state index in [1.54, 1.807) is 0 Å². The topological polar surface area (TPSA) is 126 Å². The first-order valence-corrected chi connectivity index (χ1v) is 10.7. The Labute approximate surface area is 187 Å². The number of hydrogen-bond acceptors (Lipinski definition) is 7. The van der Waals surface area contributed by atoms with E-state index in [-0.39, 0.29) is 12.2 Å². The van der Waals surface area contributed by atoms with Crippen LogP contribution in [0.5, 0.6) is 0 Å². The molecule has 1 aliphatic rings. The lowest BCUT2D eigenvalue weighted by Crippen LogP contribution is -2.60. The van der Waals surface area contributed by atoms with Gasteiger partial charge in [0.1, 0.15) is 30.0 Å². The second kappa shape index (κ2) is 10.6. The summed E-state index contributed by atoms with van der Waals surface area (Å²) in [5.41, 5.74) is 1.71. The maximum atomic E-state index is 12.6. The zero-order chi connectivity index (χ0) is 23.3. The average Bonchev–Trinajstić information content (AvgIpc) is 2.81. The molecule has 8 heteroatoms. The molecule has 170 valence electrons. The number of nitriles is 1. The Morgan fingerprint density at radius 1 is 1.19 bits per heavy atom. The van der Waals surface area contributed by atoms with E-state index in [0.717, 1.165) is 29.5 Å². The maximum absolute atomic E-state index is 12.6. The summed E-state index contributed by atoms with van der Waals surface area (Å²) in [6, 6.07) is 12.9. The van der Waals surface area contributed by atoms with Gasteiger partial charge in [0.25, 0.3) is 5.91 Å². The molecule has 0 bridgehead atoms. The SMILES string of the molecule is CCN(CC)c1ccc2cc(/C=C(\C#N)C(=O)N[C@H]3CO[C@H](CO)[C@@H](O)[C@@H]3O)ccc2c1. The van der Waals surface area contributed by atoms with Gasteiger partial charge in [-0.2, -0.15) is 5.26 Å². The number of nitrogens with one attached hydrogen (secondary N) is 1. The van der Waals surface area contributed by atoms with Crippen LogP contribution in [0.1, 0.15) is 19.4 Å². The van der Waals surface area contributed by atoms with Crippen LogP contribution in [0.4, 0.5) is 5.69 Å². The van der Waals surface area contributed by atoms with E-state index >= 15 is 0 Å². The van der Waals surface area contributed by atoms with Crippen LogP contribution in [0.25, 0.3) is 16.8 Å². The molecule has 0 aliphatic carbocycles. The minimum Gasteiger partial charge on any atom is -0.394 e. The Kier molecular flexibility index (Phi) is 7.83. The summed E-state index contributed by atoms with van der Waals surface area (Å²) in [6.45, 7) is 5.53. The van der Waals surface area contributed by atoms with E-state index < -0.39 is 36.9 Å². The summed E-state index contributed by atoms with van der Waals surface area (Å²) in [7, 11) is 0.